The number of allylic oxidation sites excluding steroid dienone is 4. The molecule has 5 rings (SSSR count). The SMILES string of the molecule is C=C/C=C\C=C1/CP(c2ccccc2)(c2ccccc2)(c2ccccc2)O[C@H]1c1ccccc1. The zero-order valence-electron chi connectivity index (χ0n) is 19.2. The third kappa shape index (κ3) is 3.59. The first-order valence-electron chi connectivity index (χ1n) is 11.7. The Morgan fingerprint density at radius 1 is 0.618 bits per heavy atom. The number of hydrogen-bond donors (Lipinski definition) is 0. The van der Waals surface area contributed by atoms with Crippen molar-refractivity contribution in [3.8, 4) is 0 Å². The Labute approximate surface area is 202 Å². The van der Waals surface area contributed by atoms with Gasteiger partial charge < -0.3 is 0 Å². The van der Waals surface area contributed by atoms with Crippen LogP contribution in [-0.2, 0) is 4.52 Å². The van der Waals surface area contributed by atoms with E-state index in [2.05, 4.69) is 140 Å². The average molecular weight is 461 g/mol. The summed E-state index contributed by atoms with van der Waals surface area (Å²) in [7, 11) is 0. The van der Waals surface area contributed by atoms with E-state index in [1.165, 1.54) is 27.1 Å². The summed E-state index contributed by atoms with van der Waals surface area (Å²) in [5.74, 6) is 0. The molecule has 2 heteroatoms. The van der Waals surface area contributed by atoms with Gasteiger partial charge in [0.15, 0.2) is 0 Å². The van der Waals surface area contributed by atoms with Crippen LogP contribution >= 0.6 is 6.83 Å². The molecule has 0 aliphatic carbocycles. The molecule has 0 radical (unpaired) electrons. The van der Waals surface area contributed by atoms with Crippen molar-refractivity contribution in [2.75, 3.05) is 6.16 Å². The predicted octanol–water partition coefficient (Wildman–Crippen LogP) is 6.87. The molecule has 1 saturated heterocycles. The number of hydrogen-bond acceptors (Lipinski definition) is 1. The van der Waals surface area contributed by atoms with Gasteiger partial charge >= 0.3 is 203 Å². The Bertz CT molecular complexity index is 1210. The van der Waals surface area contributed by atoms with Crippen molar-refractivity contribution in [1.29, 1.82) is 0 Å². The molecule has 34 heavy (non-hydrogen) atoms. The van der Waals surface area contributed by atoms with Crippen LogP contribution in [0.3, 0.4) is 0 Å². The molecule has 0 amide bonds. The molecule has 0 N–H and O–H groups in total. The molecule has 1 atom stereocenters. The third-order valence-corrected chi connectivity index (χ3v) is 12.5. The van der Waals surface area contributed by atoms with Crippen LogP contribution in [0, 0.1) is 0 Å². The van der Waals surface area contributed by atoms with Gasteiger partial charge in [0, 0.05) is 0 Å². The van der Waals surface area contributed by atoms with E-state index in [0.29, 0.717) is 0 Å². The van der Waals surface area contributed by atoms with Crippen LogP contribution in [0.15, 0.2) is 158 Å². The molecule has 1 heterocycles. The van der Waals surface area contributed by atoms with Crippen LogP contribution in [0.1, 0.15) is 11.7 Å². The van der Waals surface area contributed by atoms with Crippen LogP contribution < -0.4 is 15.9 Å². The van der Waals surface area contributed by atoms with E-state index in [1.54, 1.807) is 0 Å². The number of benzene rings is 4. The van der Waals surface area contributed by atoms with Gasteiger partial charge in [-0.15, -0.1) is 0 Å². The molecule has 0 spiro atoms. The summed E-state index contributed by atoms with van der Waals surface area (Å²) in [6.45, 7) is 0.517. The molecule has 0 unspecified atom stereocenters. The van der Waals surface area contributed by atoms with E-state index in [0.717, 1.165) is 6.16 Å². The van der Waals surface area contributed by atoms with Gasteiger partial charge in [-0.1, -0.05) is 0 Å². The zero-order chi connectivity index (χ0) is 23.3. The molecule has 0 bridgehead atoms. The summed E-state index contributed by atoms with van der Waals surface area (Å²) in [6.07, 6.45) is 8.78. The van der Waals surface area contributed by atoms with E-state index in [4.69, 9.17) is 4.52 Å². The van der Waals surface area contributed by atoms with Crippen LogP contribution in [0.5, 0.6) is 0 Å². The second-order valence-electron chi connectivity index (χ2n) is 8.64. The summed E-state index contributed by atoms with van der Waals surface area (Å²) in [4.78, 5) is 0. The zero-order valence-corrected chi connectivity index (χ0v) is 20.1. The maximum atomic E-state index is 7.63. The molecule has 1 aliphatic rings. The first kappa shape index (κ1) is 22.3. The van der Waals surface area contributed by atoms with Gasteiger partial charge in [-0.25, -0.2) is 0 Å². The van der Waals surface area contributed by atoms with Gasteiger partial charge in [-0.2, -0.15) is 0 Å². The van der Waals surface area contributed by atoms with Crippen molar-refractivity contribution in [2.24, 2.45) is 0 Å². The van der Waals surface area contributed by atoms with Crippen LogP contribution in [0.2, 0.25) is 0 Å². The van der Waals surface area contributed by atoms with Gasteiger partial charge in [0.25, 0.3) is 0 Å². The molecule has 4 aromatic carbocycles. The van der Waals surface area contributed by atoms with Crippen molar-refractivity contribution >= 4 is 22.7 Å². The summed E-state index contributed by atoms with van der Waals surface area (Å²) in [6, 6.07) is 43.2. The van der Waals surface area contributed by atoms with Crippen LogP contribution in [0.4, 0.5) is 0 Å². The molecule has 1 fully saturated rings. The van der Waals surface area contributed by atoms with E-state index < -0.39 is 6.83 Å². The molecule has 0 aromatic heterocycles. The molecule has 4 aromatic rings. The topological polar surface area (TPSA) is 9.23 Å². The maximum absolute atomic E-state index is 7.63. The van der Waals surface area contributed by atoms with Crippen molar-refractivity contribution in [3.05, 3.63) is 163 Å². The second-order valence-corrected chi connectivity index (χ2v) is 13.1. The Hall–Kier alpha value is -3.51. The Balaban J connectivity index is 1.88. The summed E-state index contributed by atoms with van der Waals surface area (Å²) in [5, 5.41) is 3.76. The van der Waals surface area contributed by atoms with Gasteiger partial charge in [-0.05, 0) is 0 Å². The quantitative estimate of drug-likeness (QED) is 0.225. The van der Waals surface area contributed by atoms with Crippen molar-refractivity contribution in [3.63, 3.8) is 0 Å². The Morgan fingerprint density at radius 3 is 1.50 bits per heavy atom. The Morgan fingerprint density at radius 2 is 1.06 bits per heavy atom. The third-order valence-electron chi connectivity index (χ3n) is 6.73. The van der Waals surface area contributed by atoms with Gasteiger partial charge in [0.05, 0.1) is 0 Å². The standard InChI is InChI=1S/C32H29OP/c1-2-3-8-19-28-26-34(29-20-11-5-12-21-29,30-22-13-6-14-23-30,31-24-15-7-16-25-31)33-32(28)27-17-9-4-10-18-27/h2-25,32H,1,26H2/b8-3-,28-19+/t32-/m0/s1. The first-order chi connectivity index (χ1) is 16.8. The van der Waals surface area contributed by atoms with Crippen LogP contribution in [0.25, 0.3) is 0 Å². The fraction of sp³-hybridized carbons (Fsp3) is 0.0625. The van der Waals surface area contributed by atoms with Gasteiger partial charge in [0.2, 0.25) is 0 Å². The predicted molar refractivity (Wildman–Crippen MR) is 148 cm³/mol. The van der Waals surface area contributed by atoms with Crippen molar-refractivity contribution < 1.29 is 4.52 Å². The Kier molecular flexibility index (Phi) is 6.16. The molecule has 0 saturated carbocycles. The minimum absolute atomic E-state index is 0.144. The van der Waals surface area contributed by atoms with Crippen molar-refractivity contribution in [1.82, 2.24) is 0 Å². The summed E-state index contributed by atoms with van der Waals surface area (Å²) < 4.78 is 7.63. The van der Waals surface area contributed by atoms with Gasteiger partial charge in [-0.3, -0.25) is 0 Å². The molecule has 168 valence electrons. The fourth-order valence-electron chi connectivity index (χ4n) is 5.20. The van der Waals surface area contributed by atoms with E-state index in [-0.39, 0.29) is 6.10 Å². The van der Waals surface area contributed by atoms with Gasteiger partial charge in [0.1, 0.15) is 0 Å². The van der Waals surface area contributed by atoms with E-state index in [1.807, 2.05) is 12.2 Å². The normalized spacial score (nSPS) is 21.1. The van der Waals surface area contributed by atoms with E-state index in [9.17, 15) is 0 Å². The summed E-state index contributed by atoms with van der Waals surface area (Å²) >= 11 is 0. The number of rotatable bonds is 6. The van der Waals surface area contributed by atoms with Crippen LogP contribution in [-0.4, -0.2) is 6.16 Å². The average Bonchev–Trinajstić information content (AvgIpc) is 3.29. The first-order valence-corrected chi connectivity index (χ1v) is 14.0. The molecule has 1 aliphatic heterocycles. The molecule has 1 nitrogen and oxygen atoms in total. The molecular formula is C32H29OP. The minimum atomic E-state index is -3.33. The fourth-order valence-corrected chi connectivity index (χ4v) is 11.2. The molecular weight excluding hydrogens is 431 g/mol. The monoisotopic (exact) mass is 460 g/mol. The second kappa shape index (κ2) is 9.39. The van der Waals surface area contributed by atoms with E-state index >= 15 is 0 Å². The van der Waals surface area contributed by atoms with Crippen molar-refractivity contribution in [2.45, 2.75) is 6.10 Å². The summed E-state index contributed by atoms with van der Waals surface area (Å²) in [5.41, 5.74) is 2.45.